The SMILES string of the molecule is CC.CCC(CCC(C)C)Oc1ccc(N)cc1C(F)(F)F. The molecule has 1 aromatic rings. The normalized spacial score (nSPS) is 12.6. The third-order valence-corrected chi connectivity index (χ3v) is 3.12. The van der Waals surface area contributed by atoms with Crippen molar-refractivity contribution in [3.05, 3.63) is 23.8 Å². The maximum absolute atomic E-state index is 13.0. The highest BCUT2D eigenvalue weighted by atomic mass is 19.4. The van der Waals surface area contributed by atoms with Gasteiger partial charge in [0, 0.05) is 5.69 Å². The van der Waals surface area contributed by atoms with Gasteiger partial charge in [0.15, 0.2) is 0 Å². The van der Waals surface area contributed by atoms with Crippen LogP contribution in [0.2, 0.25) is 0 Å². The van der Waals surface area contributed by atoms with Crippen molar-refractivity contribution in [2.75, 3.05) is 5.73 Å². The van der Waals surface area contributed by atoms with E-state index in [1.807, 2.05) is 20.8 Å². The van der Waals surface area contributed by atoms with Gasteiger partial charge < -0.3 is 10.5 Å². The van der Waals surface area contributed by atoms with E-state index in [-0.39, 0.29) is 17.5 Å². The zero-order valence-electron chi connectivity index (χ0n) is 14.1. The minimum absolute atomic E-state index is 0.0832. The summed E-state index contributed by atoms with van der Waals surface area (Å²) >= 11 is 0. The quantitative estimate of drug-likeness (QED) is 0.662. The molecule has 1 aromatic carbocycles. The Balaban J connectivity index is 0.00000211. The van der Waals surface area contributed by atoms with E-state index in [4.69, 9.17) is 10.5 Å². The Morgan fingerprint density at radius 3 is 2.18 bits per heavy atom. The van der Waals surface area contributed by atoms with E-state index in [0.29, 0.717) is 12.3 Å². The molecule has 1 unspecified atom stereocenters. The van der Waals surface area contributed by atoms with E-state index >= 15 is 0 Å². The predicted molar refractivity (Wildman–Crippen MR) is 86.0 cm³/mol. The number of hydrogen-bond donors (Lipinski definition) is 1. The number of anilines is 1. The largest absolute Gasteiger partial charge is 0.490 e. The summed E-state index contributed by atoms with van der Waals surface area (Å²) in [5.41, 5.74) is 4.71. The molecule has 0 saturated heterocycles. The van der Waals surface area contributed by atoms with E-state index in [0.717, 1.165) is 18.9 Å². The summed E-state index contributed by atoms with van der Waals surface area (Å²) in [6, 6.07) is 3.65. The van der Waals surface area contributed by atoms with E-state index in [9.17, 15) is 13.2 Å². The van der Waals surface area contributed by atoms with E-state index < -0.39 is 11.7 Å². The van der Waals surface area contributed by atoms with E-state index in [1.165, 1.54) is 12.1 Å². The smallest absolute Gasteiger partial charge is 0.420 e. The summed E-state index contributed by atoms with van der Waals surface area (Å²) in [6.07, 6.45) is -2.32. The third-order valence-electron chi connectivity index (χ3n) is 3.12. The molecule has 0 aliphatic heterocycles. The van der Waals surface area contributed by atoms with Crippen LogP contribution in [-0.2, 0) is 6.18 Å². The molecule has 0 amide bonds. The van der Waals surface area contributed by atoms with Crippen LogP contribution in [0.15, 0.2) is 18.2 Å². The zero-order chi connectivity index (χ0) is 17.3. The van der Waals surface area contributed by atoms with Crippen LogP contribution in [0.1, 0.15) is 59.4 Å². The monoisotopic (exact) mass is 319 g/mol. The number of nitrogen functional groups attached to an aromatic ring is 1. The van der Waals surface area contributed by atoms with Crippen molar-refractivity contribution >= 4 is 5.69 Å². The topological polar surface area (TPSA) is 35.2 Å². The molecular weight excluding hydrogens is 291 g/mol. The third kappa shape index (κ3) is 7.05. The van der Waals surface area contributed by atoms with Crippen molar-refractivity contribution in [2.45, 2.75) is 66.2 Å². The maximum Gasteiger partial charge on any atom is 0.420 e. The van der Waals surface area contributed by atoms with Gasteiger partial charge in [-0.2, -0.15) is 13.2 Å². The van der Waals surface area contributed by atoms with Crippen molar-refractivity contribution in [1.29, 1.82) is 0 Å². The number of rotatable bonds is 6. The van der Waals surface area contributed by atoms with Gasteiger partial charge in [-0.1, -0.05) is 34.6 Å². The van der Waals surface area contributed by atoms with Crippen LogP contribution in [-0.4, -0.2) is 6.10 Å². The summed E-state index contributed by atoms with van der Waals surface area (Å²) in [5.74, 6) is 0.364. The number of benzene rings is 1. The first-order chi connectivity index (χ1) is 10.2. The average Bonchev–Trinajstić information content (AvgIpc) is 2.45. The summed E-state index contributed by atoms with van der Waals surface area (Å²) in [4.78, 5) is 0. The van der Waals surface area contributed by atoms with Gasteiger partial charge in [0.25, 0.3) is 0 Å². The molecule has 2 nitrogen and oxygen atoms in total. The van der Waals surface area contributed by atoms with Crippen molar-refractivity contribution in [1.82, 2.24) is 0 Å². The highest BCUT2D eigenvalue weighted by molar-refractivity contribution is 5.49. The van der Waals surface area contributed by atoms with Crippen LogP contribution < -0.4 is 10.5 Å². The molecule has 0 heterocycles. The van der Waals surface area contributed by atoms with Crippen LogP contribution in [0, 0.1) is 5.92 Å². The molecule has 5 heteroatoms. The molecule has 0 aromatic heterocycles. The van der Waals surface area contributed by atoms with Gasteiger partial charge in [0.1, 0.15) is 5.75 Å². The molecule has 22 heavy (non-hydrogen) atoms. The molecule has 1 atom stereocenters. The standard InChI is InChI=1S/C15H22F3NO.C2H6/c1-4-12(7-5-10(2)3)20-14-8-6-11(19)9-13(14)15(16,17)18;1-2/h6,8-10,12H,4-5,7,19H2,1-3H3;1-2H3. The van der Waals surface area contributed by atoms with Gasteiger partial charge in [0.2, 0.25) is 0 Å². The Bertz CT molecular complexity index is 430. The highest BCUT2D eigenvalue weighted by Crippen LogP contribution is 2.38. The molecule has 1 rings (SSSR count). The molecule has 0 aliphatic rings. The molecule has 2 N–H and O–H groups in total. The molecule has 128 valence electrons. The second-order valence-corrected chi connectivity index (χ2v) is 5.37. The molecular formula is C17H28F3NO. The van der Waals surface area contributed by atoms with Gasteiger partial charge in [-0.3, -0.25) is 0 Å². The predicted octanol–water partition coefficient (Wildman–Crippen LogP) is 5.91. The van der Waals surface area contributed by atoms with Crippen LogP contribution in [0.3, 0.4) is 0 Å². The Hall–Kier alpha value is -1.39. The first-order valence-corrected chi connectivity index (χ1v) is 7.87. The summed E-state index contributed by atoms with van der Waals surface area (Å²) in [6.45, 7) is 10.1. The number of nitrogens with two attached hydrogens (primary N) is 1. The van der Waals surface area contributed by atoms with E-state index in [1.54, 1.807) is 0 Å². The highest BCUT2D eigenvalue weighted by Gasteiger charge is 2.35. The van der Waals surface area contributed by atoms with Crippen LogP contribution >= 0.6 is 0 Å². The fraction of sp³-hybridized carbons (Fsp3) is 0.647. The second-order valence-electron chi connectivity index (χ2n) is 5.37. The van der Waals surface area contributed by atoms with Crippen molar-refractivity contribution in [2.24, 2.45) is 5.92 Å². The van der Waals surface area contributed by atoms with Crippen molar-refractivity contribution in [3.8, 4) is 5.75 Å². The molecule has 0 saturated carbocycles. The first kappa shape index (κ1) is 20.6. The van der Waals surface area contributed by atoms with Crippen LogP contribution in [0.25, 0.3) is 0 Å². The maximum atomic E-state index is 13.0. The minimum Gasteiger partial charge on any atom is -0.490 e. The van der Waals surface area contributed by atoms with Gasteiger partial charge in [-0.25, -0.2) is 0 Å². The van der Waals surface area contributed by atoms with E-state index in [2.05, 4.69) is 13.8 Å². The average molecular weight is 319 g/mol. The lowest BCUT2D eigenvalue weighted by molar-refractivity contribution is -0.139. The Kier molecular flexibility index (Phi) is 8.99. The summed E-state index contributed by atoms with van der Waals surface area (Å²) in [5, 5.41) is 0. The number of hydrogen-bond acceptors (Lipinski definition) is 2. The van der Waals surface area contributed by atoms with Crippen LogP contribution in [0.5, 0.6) is 5.75 Å². The Morgan fingerprint density at radius 2 is 1.73 bits per heavy atom. The lowest BCUT2D eigenvalue weighted by Gasteiger charge is -2.21. The molecule has 0 spiro atoms. The van der Waals surface area contributed by atoms with Gasteiger partial charge in [-0.05, 0) is 43.4 Å². The fourth-order valence-electron chi connectivity index (χ4n) is 1.92. The Morgan fingerprint density at radius 1 is 1.14 bits per heavy atom. The minimum atomic E-state index is -4.46. The zero-order valence-corrected chi connectivity index (χ0v) is 14.1. The van der Waals surface area contributed by atoms with Crippen molar-refractivity contribution < 1.29 is 17.9 Å². The number of halogens is 3. The lowest BCUT2D eigenvalue weighted by Crippen LogP contribution is -2.19. The lowest BCUT2D eigenvalue weighted by atomic mass is 10.0. The molecule has 0 fully saturated rings. The van der Waals surface area contributed by atoms with Gasteiger partial charge in [-0.15, -0.1) is 0 Å². The molecule has 0 bridgehead atoms. The number of alkyl halides is 3. The van der Waals surface area contributed by atoms with Gasteiger partial charge >= 0.3 is 6.18 Å². The second kappa shape index (κ2) is 9.59. The van der Waals surface area contributed by atoms with Gasteiger partial charge in [0.05, 0.1) is 11.7 Å². The van der Waals surface area contributed by atoms with Crippen LogP contribution in [0.4, 0.5) is 18.9 Å². The Labute approximate surface area is 131 Å². The number of ether oxygens (including phenoxy) is 1. The molecule has 0 aliphatic carbocycles. The summed E-state index contributed by atoms with van der Waals surface area (Å²) in [7, 11) is 0. The van der Waals surface area contributed by atoms with Crippen molar-refractivity contribution in [3.63, 3.8) is 0 Å². The summed E-state index contributed by atoms with van der Waals surface area (Å²) < 4.78 is 44.4. The first-order valence-electron chi connectivity index (χ1n) is 7.87. The fourth-order valence-corrected chi connectivity index (χ4v) is 1.92. The molecule has 0 radical (unpaired) electrons.